The Morgan fingerprint density at radius 3 is 1.16 bits per heavy atom. The first-order chi connectivity index (χ1) is 77.4. The second kappa shape index (κ2) is 24.3. The van der Waals surface area contributed by atoms with E-state index in [1.54, 1.807) is 18.2 Å². The highest BCUT2D eigenvalue weighted by Gasteiger charge is 2.23. The molecule has 0 aliphatic carbocycles. The fraction of sp³-hybridized carbons (Fsp3) is 0. The quantitative estimate of drug-likeness (QED) is 0.142. The van der Waals surface area contributed by atoms with Gasteiger partial charge in [-0.2, -0.15) is 0 Å². The monoisotopic (exact) mass is 1490 g/mol. The maximum Gasteiger partial charge on any atom is 0.135 e. The molecule has 0 aliphatic heterocycles. The molecule has 0 radical (unpaired) electrons. The molecule has 114 heavy (non-hydrogen) atoms. The van der Waals surface area contributed by atoms with Crippen LogP contribution in [0.15, 0.2) is 396 Å². The molecule has 0 N–H and O–H groups in total. The first-order valence-electron chi connectivity index (χ1n) is 60.4. The van der Waals surface area contributed by atoms with E-state index in [1.165, 1.54) is 0 Å². The zero-order valence-corrected chi connectivity index (χ0v) is 57.9. The van der Waals surface area contributed by atoms with E-state index < -0.39 is 428 Å². The summed E-state index contributed by atoms with van der Waals surface area (Å²) < 4.78 is 475. The highest BCUT2D eigenvalue weighted by molar-refractivity contribution is 6.30. The van der Waals surface area contributed by atoms with Crippen LogP contribution in [0, 0.1) is 0 Å². The smallest absolute Gasteiger partial charge is 0.135 e. The molecule has 0 bridgehead atoms. The maximum atomic E-state index is 10.5. The van der Waals surface area contributed by atoms with Crippen LogP contribution in [0.25, 0.3) is 262 Å². The summed E-state index contributed by atoms with van der Waals surface area (Å²) in [7, 11) is 0. The summed E-state index contributed by atoms with van der Waals surface area (Å²) in [6.45, 7) is 0. The van der Waals surface area contributed by atoms with Gasteiger partial charge in [0, 0.05) is 21.5 Å². The van der Waals surface area contributed by atoms with Crippen molar-refractivity contribution < 1.29 is 77.4 Å². The molecule has 2 heterocycles. The van der Waals surface area contributed by atoms with Crippen LogP contribution in [0.2, 0.25) is 0 Å². The van der Waals surface area contributed by atoms with Crippen molar-refractivity contribution in [1.29, 1.82) is 0 Å². The van der Waals surface area contributed by atoms with Gasteiger partial charge in [-0.25, -0.2) is 0 Å². The molecule has 524 valence electrons. The number of hydrogen-bond acceptors (Lipinski definition) is 2. The molecule has 0 saturated carbocycles. The van der Waals surface area contributed by atoms with Crippen LogP contribution in [0.4, 0.5) is 0 Å². The molecule has 0 spiro atoms. The van der Waals surface area contributed by atoms with Crippen molar-refractivity contribution in [2.45, 2.75) is 0 Å². The minimum atomic E-state index is -1.25. The summed E-state index contributed by atoms with van der Waals surface area (Å²) in [5, 5.41) is -7.22. The molecule has 0 unspecified atom stereocenters. The molecule has 0 aliphatic rings. The van der Waals surface area contributed by atoms with E-state index >= 15 is 0 Å². The molecule has 2 heteroatoms. The van der Waals surface area contributed by atoms with Crippen molar-refractivity contribution in [3.63, 3.8) is 0 Å². The van der Waals surface area contributed by atoms with Gasteiger partial charge in [0.1, 0.15) is 22.3 Å². The van der Waals surface area contributed by atoms with Gasteiger partial charge in [0.25, 0.3) is 0 Å². The molecule has 26 aromatic rings. The Morgan fingerprint density at radius 1 is 0.158 bits per heavy atom. The van der Waals surface area contributed by atoms with Crippen molar-refractivity contribution >= 4 is 173 Å². The Bertz CT molecular complexity index is 11600. The minimum absolute atomic E-state index is 0.0225. The van der Waals surface area contributed by atoms with Crippen LogP contribution in [0.1, 0.15) is 68.5 Å². The van der Waals surface area contributed by atoms with Crippen molar-refractivity contribution in [2.24, 2.45) is 0 Å². The highest BCUT2D eigenvalue weighted by Crippen LogP contribution is 2.50. The molecule has 26 rings (SSSR count). The van der Waals surface area contributed by atoms with Crippen LogP contribution in [-0.2, 0) is 0 Å². The number of para-hydroxylation sites is 2. The average molecular weight is 1490 g/mol. The molecule has 0 fully saturated rings. The number of fused-ring (bicyclic) bond motifs is 6. The summed E-state index contributed by atoms with van der Waals surface area (Å²) in [5.74, 6) is 0. The molecule has 2 aromatic heterocycles. The van der Waals surface area contributed by atoms with E-state index in [1.807, 2.05) is 66.7 Å². The number of benzene rings is 24. The van der Waals surface area contributed by atoms with Gasteiger partial charge >= 0.3 is 0 Å². The third-order valence-corrected chi connectivity index (χ3v) is 21.0. The fourth-order valence-corrected chi connectivity index (χ4v) is 15.9. The van der Waals surface area contributed by atoms with Crippen LogP contribution >= 0.6 is 0 Å². The average Bonchev–Trinajstić information content (AvgIpc) is 1.01. The first kappa shape index (κ1) is 31.8. The van der Waals surface area contributed by atoms with E-state index in [0.29, 0.717) is 16.7 Å². The molecule has 2 nitrogen and oxygen atoms in total. The largest absolute Gasteiger partial charge is 0.456 e. The van der Waals surface area contributed by atoms with Crippen LogP contribution in [0.5, 0.6) is 0 Å². The van der Waals surface area contributed by atoms with E-state index in [9.17, 15) is 37.0 Å². The third kappa shape index (κ3) is 9.49. The van der Waals surface area contributed by atoms with Gasteiger partial charge in [0.05, 0.1) is 68.5 Å². The van der Waals surface area contributed by atoms with Crippen LogP contribution in [-0.4, -0.2) is 0 Å². The van der Waals surface area contributed by atoms with Gasteiger partial charge < -0.3 is 8.83 Å². The van der Waals surface area contributed by atoms with E-state index in [2.05, 4.69) is 0 Å². The zero-order valence-electron chi connectivity index (χ0n) is 108. The Kier molecular flexibility index (Phi) is 6.77. The Labute approximate surface area is 725 Å². The fourth-order valence-electron chi connectivity index (χ4n) is 15.9. The number of furan rings is 2. The lowest BCUT2D eigenvalue weighted by Gasteiger charge is -2.19. The van der Waals surface area contributed by atoms with Crippen molar-refractivity contribution in [3.05, 3.63) is 387 Å². The van der Waals surface area contributed by atoms with E-state index in [-0.39, 0.29) is 92.3 Å². The molecule has 24 aromatic carbocycles. The summed E-state index contributed by atoms with van der Waals surface area (Å²) in [4.78, 5) is 0. The standard InChI is InChI=1S/2C56H32O/c2*1-2-13-51-46(12-1)50-31-40(23-29-52(50)57-51)39-10-5-11-41(30-39)44-25-22-42(43-24-18-37-16-14-33-6-3-8-35-20-27-47(43)55(37)53(33)35)32-49(44)45-26-19-38-17-15-34-7-4-9-36-21-28-48(45)56(38)54(34)36/h2*1-32H/i1D,2D,3D,4D,5D,6D,7D,8D,9D,10D,11D,12D,13D,14D,15D,16D,17D,18D,19D,20D,21D,22D,23D,24D,25D,26D,27D,28D,29D,30D,31D,32D;3D,4D,6D,7D,8D,9D,14D,15D,16D,17D,18D,19D,20D,21D,24D,26D,27D,28D. The van der Waals surface area contributed by atoms with Gasteiger partial charge in [-0.15, -0.1) is 0 Å². The van der Waals surface area contributed by atoms with Gasteiger partial charge in [0.2, 0.25) is 0 Å². The zero-order chi connectivity index (χ0) is 118. The minimum Gasteiger partial charge on any atom is -0.456 e. The van der Waals surface area contributed by atoms with Crippen LogP contribution in [0.3, 0.4) is 0 Å². The van der Waals surface area contributed by atoms with Gasteiger partial charge in [-0.3, -0.25) is 0 Å². The number of rotatable bonds is 8. The Morgan fingerprint density at radius 2 is 0.561 bits per heavy atom. The summed E-state index contributed by atoms with van der Waals surface area (Å²) >= 11 is 0. The highest BCUT2D eigenvalue weighted by atomic mass is 16.3. The lowest BCUT2D eigenvalue weighted by Crippen LogP contribution is -1.92. The van der Waals surface area contributed by atoms with Crippen LogP contribution < -0.4 is 0 Å². The topological polar surface area (TPSA) is 26.3 Å². The SMILES string of the molecule is [2H]c1c([2H])c(-c2c([2H])c([2H])c(-c3c([2H])c([2H])c4c([2H])c([2H])c5c([2H])c([2H])c([2H])c6c([2H])c([2H])c3c4c56)c([2H])c2-c2c([2H])c([2H])c3c([2H])c([2H])c4c([2H])c([2H])c([2H])c5c([2H])c([2H])c2c3c45)c([2H])c(-c2c([2H])c([2H])c3oc4c([2H])c([2H])c([2H])c([2H])c4c3c2[2H])c1[2H].[2H]c1c([2H])c2c([2H])c([2H])c3c([2H])c([2H])c(-c4ccc(-c5cccc(-c6ccc7oc8ccccc8c7c6)c5)c(-c5c([2H])c([2H])c6c([2H])c([2H])c7c([2H])c([2H])c([2H])c8c([2H])c([2H])c5c6c78)c4)c4c([2H])c([2H])c(c1[2H])c2c34. The molecular formula is C112H64O2. The van der Waals surface area contributed by atoms with Gasteiger partial charge in [0.15, 0.2) is 0 Å². The summed E-state index contributed by atoms with van der Waals surface area (Å²) in [5.41, 5.74) is -4.79. The van der Waals surface area contributed by atoms with Gasteiger partial charge in [-0.05, 0) is 279 Å². The maximum absolute atomic E-state index is 10.5. The lowest BCUT2D eigenvalue weighted by atomic mass is 9.84. The predicted molar refractivity (Wildman–Crippen MR) is 486 cm³/mol. The van der Waals surface area contributed by atoms with E-state index in [0.717, 1.165) is 27.5 Å². The van der Waals surface area contributed by atoms with E-state index in [4.69, 9.17) is 40.4 Å². The normalized spacial score (nSPS) is 18.4. The van der Waals surface area contributed by atoms with Crippen molar-refractivity contribution in [2.75, 3.05) is 0 Å². The Hall–Kier alpha value is -15.0. The summed E-state index contributed by atoms with van der Waals surface area (Å²) in [6, 6.07) is -14.2. The predicted octanol–water partition coefficient (Wildman–Crippen LogP) is 32.1. The third-order valence-electron chi connectivity index (χ3n) is 21.0. The number of hydrogen-bond donors (Lipinski definition) is 0. The first-order valence-corrected chi connectivity index (χ1v) is 35.4. The van der Waals surface area contributed by atoms with Crippen molar-refractivity contribution in [1.82, 2.24) is 0 Å². The Balaban J connectivity index is 0.000000168. The van der Waals surface area contributed by atoms with Crippen molar-refractivity contribution in [3.8, 4) is 89.0 Å². The van der Waals surface area contributed by atoms with Gasteiger partial charge in [-0.1, -0.05) is 327 Å². The molecular weight excluding hydrogens is 1380 g/mol. The molecule has 0 saturated heterocycles. The molecule has 0 atom stereocenters. The molecule has 0 amide bonds. The second-order valence-electron chi connectivity index (χ2n) is 27.2. The second-order valence-corrected chi connectivity index (χ2v) is 27.2. The summed E-state index contributed by atoms with van der Waals surface area (Å²) in [6.07, 6.45) is 0. The lowest BCUT2D eigenvalue weighted by molar-refractivity contribution is 0.668.